The molecule has 5 nitrogen and oxygen atoms in total. The van der Waals surface area contributed by atoms with Crippen LogP contribution in [0.1, 0.15) is 647 Å². The highest BCUT2D eigenvalue weighted by Crippen LogP contribution is 2.37. The molecule has 0 aliphatic heterocycles. The van der Waals surface area contributed by atoms with Crippen LogP contribution >= 0.6 is 0 Å². The zero-order valence-corrected chi connectivity index (χ0v) is 82.0. The van der Waals surface area contributed by atoms with Gasteiger partial charge in [-0.2, -0.15) is 0 Å². The van der Waals surface area contributed by atoms with Gasteiger partial charge in [0.05, 0.1) is 13.2 Å². The summed E-state index contributed by atoms with van der Waals surface area (Å²) in [5.41, 5.74) is 0. The smallest absolute Gasteiger partial charge is 0.305 e. The fraction of sp³-hybridized carbons (Fsp3) is 0.982. The largest absolute Gasteiger partial charge is 0.466 e. The summed E-state index contributed by atoms with van der Waals surface area (Å²) in [5, 5.41) is 9.03. The number of hydrogen-bond donors (Lipinski definition) is 1. The molecule has 0 aliphatic carbocycles. The highest BCUT2D eigenvalue weighted by Gasteiger charge is 2.24. The van der Waals surface area contributed by atoms with Gasteiger partial charge in [-0.05, 0) is 67.6 Å². The number of esters is 2. The molecule has 0 spiro atoms. The second-order valence-corrected chi connectivity index (χ2v) is 38.7. The van der Waals surface area contributed by atoms with Crippen molar-refractivity contribution >= 4 is 11.9 Å². The topological polar surface area (TPSA) is 72.8 Å². The average Bonchev–Trinajstić information content (AvgIpc) is 0.926. The summed E-state index contributed by atoms with van der Waals surface area (Å²) in [6.45, 7) is 22.7. The molecule has 6 atom stereocenters. The third-order valence-electron chi connectivity index (χ3n) is 27.7. The first-order valence-electron chi connectivity index (χ1n) is 55.2. The van der Waals surface area contributed by atoms with Gasteiger partial charge in [0.2, 0.25) is 0 Å². The Morgan fingerprint density at radius 2 is 0.310 bits per heavy atom. The molecule has 0 rings (SSSR count). The van der Waals surface area contributed by atoms with Gasteiger partial charge in [0.1, 0.15) is 0 Å². The van der Waals surface area contributed by atoms with Gasteiger partial charge in [0.15, 0.2) is 0 Å². The molecule has 0 heterocycles. The minimum absolute atomic E-state index is 0.0300. The van der Waals surface area contributed by atoms with Crippen molar-refractivity contribution in [2.24, 2.45) is 35.5 Å². The van der Waals surface area contributed by atoms with Crippen molar-refractivity contribution in [1.82, 2.24) is 0 Å². The van der Waals surface area contributed by atoms with Gasteiger partial charge in [-0.3, -0.25) is 9.59 Å². The highest BCUT2D eigenvalue weighted by molar-refractivity contribution is 5.69. The number of aliphatic hydroxyl groups excluding tert-OH is 1. The molecule has 1 N–H and O–H groups in total. The number of carbonyl (C=O) groups excluding carboxylic acids is 2. The number of aliphatic hydroxyl groups is 1. The normalized spacial score (nSPS) is 13.3. The molecule has 0 aliphatic rings. The van der Waals surface area contributed by atoms with Gasteiger partial charge in [0, 0.05) is 19.4 Å². The van der Waals surface area contributed by atoms with Crippen molar-refractivity contribution in [3.8, 4) is 0 Å². The maximum Gasteiger partial charge on any atom is 0.305 e. The van der Waals surface area contributed by atoms with Crippen LogP contribution in [0.15, 0.2) is 0 Å². The number of rotatable bonds is 100. The molecule has 0 amide bonds. The Morgan fingerprint density at radius 1 is 0.172 bits per heavy atom. The Balaban J connectivity index is 0. The molecule has 0 aromatic carbocycles. The first kappa shape index (κ1) is 117. The van der Waals surface area contributed by atoms with Gasteiger partial charge >= 0.3 is 11.9 Å². The molecule has 6 unspecified atom stereocenters. The fourth-order valence-corrected chi connectivity index (χ4v) is 19.6. The van der Waals surface area contributed by atoms with E-state index in [9.17, 15) is 9.59 Å². The summed E-state index contributed by atoms with van der Waals surface area (Å²) in [6.07, 6.45) is 124. The zero-order valence-electron chi connectivity index (χ0n) is 82.0. The van der Waals surface area contributed by atoms with Gasteiger partial charge in [-0.15, -0.1) is 0 Å². The predicted molar refractivity (Wildman–Crippen MR) is 521 cm³/mol. The first-order chi connectivity index (χ1) is 57.3. The molecule has 696 valence electrons. The van der Waals surface area contributed by atoms with Crippen LogP contribution in [-0.2, 0) is 19.1 Å². The lowest BCUT2D eigenvalue weighted by molar-refractivity contribution is -0.144. The molecule has 0 saturated carbocycles. The van der Waals surface area contributed by atoms with Crippen molar-refractivity contribution < 1.29 is 24.2 Å². The third-order valence-corrected chi connectivity index (χ3v) is 27.7. The molecular weight excluding hydrogens is 1410 g/mol. The van der Waals surface area contributed by atoms with E-state index in [0.717, 1.165) is 67.6 Å². The number of ether oxygens (including phenoxy) is 2. The lowest BCUT2D eigenvalue weighted by atomic mass is 9.78. The van der Waals surface area contributed by atoms with E-state index in [-0.39, 0.29) is 11.9 Å². The van der Waals surface area contributed by atoms with Crippen molar-refractivity contribution in [3.63, 3.8) is 0 Å². The van der Waals surface area contributed by atoms with E-state index in [4.69, 9.17) is 14.6 Å². The van der Waals surface area contributed by atoms with E-state index in [1.807, 2.05) is 0 Å². The van der Waals surface area contributed by atoms with E-state index in [2.05, 4.69) is 62.3 Å². The van der Waals surface area contributed by atoms with Crippen LogP contribution in [0.3, 0.4) is 0 Å². The lowest BCUT2D eigenvalue weighted by Crippen LogP contribution is -2.16. The molecule has 0 aromatic rings. The van der Waals surface area contributed by atoms with E-state index < -0.39 is 0 Å². The Hall–Kier alpha value is -1.10. The monoisotopic (exact) mass is 1640 g/mol. The van der Waals surface area contributed by atoms with Crippen LogP contribution in [0.2, 0.25) is 0 Å². The SMILES string of the molecule is CCCCCCCCC(CC)C(CCCCCC)CCCCCCCCCCC(=O)OCCCCCCCCCC(CCCCCCCC)C(CCCCCC)CCCCCCCCCCCO.CCCCCCCCCCC(CCCCCCCC)C(CCCCCC)CCCCCCCCCCC(=O)OCCCCCCCCC. The Bertz CT molecular complexity index is 1780. The number of unbranched alkanes of at least 4 members (excludes halogenated alkanes) is 65. The van der Waals surface area contributed by atoms with Gasteiger partial charge in [-0.1, -0.05) is 602 Å². The number of hydrogen-bond acceptors (Lipinski definition) is 5. The Morgan fingerprint density at radius 3 is 0.491 bits per heavy atom. The van der Waals surface area contributed by atoms with Gasteiger partial charge < -0.3 is 14.6 Å². The standard InChI is InChI=1S/C65H130O3.C46H92O2/c1-6-11-15-19-33-43-51-61(10-5)62(52-41-17-13-8-3)53-44-35-28-23-24-30-38-48-58-65(67)68-60-50-40-32-26-29-37-47-57-64(55-45-34-20-16-12-7-2)63(54-42-18-14-9-4)56-46-36-27-22-21-25-31-39-49-59-66;1-5-9-13-17-20-23-28-34-41-45(39-33-27-19-15-11-7-3)44(38-32-16-12-8-4)40-35-29-24-21-22-25-30-36-42-46(47)48-43-37-31-26-18-14-10-6-2/h61-64,66H,6-60H2,1-5H3;44-45H,5-43H2,1-4H3. The maximum absolute atomic E-state index is 12.4. The summed E-state index contributed by atoms with van der Waals surface area (Å²) < 4.78 is 11.1. The lowest BCUT2D eigenvalue weighted by Gasteiger charge is -2.28. The molecule has 116 heavy (non-hydrogen) atoms. The number of carbonyl (C=O) groups is 2. The summed E-state index contributed by atoms with van der Waals surface area (Å²) in [7, 11) is 0. The minimum atomic E-state index is 0.0300. The molecule has 0 saturated heterocycles. The van der Waals surface area contributed by atoms with Gasteiger partial charge in [-0.25, -0.2) is 0 Å². The van der Waals surface area contributed by atoms with Crippen molar-refractivity contribution in [3.05, 3.63) is 0 Å². The Labute approximate surface area is 733 Å². The molecule has 0 fully saturated rings. The van der Waals surface area contributed by atoms with Crippen LogP contribution in [0.5, 0.6) is 0 Å². The summed E-state index contributed by atoms with van der Waals surface area (Å²) in [6, 6.07) is 0. The van der Waals surface area contributed by atoms with Crippen LogP contribution in [-0.4, -0.2) is 36.9 Å². The second-order valence-electron chi connectivity index (χ2n) is 38.7. The third kappa shape index (κ3) is 89.2. The predicted octanol–water partition coefficient (Wildman–Crippen LogP) is 39.4. The molecule has 0 radical (unpaired) electrons. The van der Waals surface area contributed by atoms with Crippen LogP contribution in [0.25, 0.3) is 0 Å². The summed E-state index contributed by atoms with van der Waals surface area (Å²) in [4.78, 5) is 24.5. The molecule has 0 bridgehead atoms. The van der Waals surface area contributed by atoms with E-state index >= 15 is 0 Å². The summed E-state index contributed by atoms with van der Waals surface area (Å²) in [5.74, 6) is 5.86. The van der Waals surface area contributed by atoms with Crippen molar-refractivity contribution in [1.29, 1.82) is 0 Å². The van der Waals surface area contributed by atoms with Gasteiger partial charge in [0.25, 0.3) is 0 Å². The van der Waals surface area contributed by atoms with Crippen molar-refractivity contribution in [2.75, 3.05) is 19.8 Å². The second kappa shape index (κ2) is 103. The first-order valence-corrected chi connectivity index (χ1v) is 55.2. The highest BCUT2D eigenvalue weighted by atomic mass is 16.5. The van der Waals surface area contributed by atoms with Crippen LogP contribution in [0.4, 0.5) is 0 Å². The van der Waals surface area contributed by atoms with E-state index in [1.54, 1.807) is 0 Å². The quantitative estimate of drug-likeness (QED) is 0.0485. The van der Waals surface area contributed by atoms with Crippen LogP contribution < -0.4 is 0 Å². The average molecular weight is 1640 g/mol. The molecule has 5 heteroatoms. The van der Waals surface area contributed by atoms with E-state index in [1.165, 1.54) is 539 Å². The van der Waals surface area contributed by atoms with Crippen LogP contribution in [0, 0.1) is 35.5 Å². The molecular formula is C111H222O5. The summed E-state index contributed by atoms with van der Waals surface area (Å²) >= 11 is 0. The maximum atomic E-state index is 12.4. The van der Waals surface area contributed by atoms with E-state index in [0.29, 0.717) is 32.7 Å². The fourth-order valence-electron chi connectivity index (χ4n) is 19.6. The van der Waals surface area contributed by atoms with Crippen molar-refractivity contribution in [2.45, 2.75) is 647 Å². The minimum Gasteiger partial charge on any atom is -0.466 e. The Kier molecular flexibility index (Phi) is 104. The zero-order chi connectivity index (χ0) is 84.5. The molecule has 0 aromatic heterocycles.